The van der Waals surface area contributed by atoms with E-state index in [0.29, 0.717) is 16.5 Å². The van der Waals surface area contributed by atoms with Gasteiger partial charge >= 0.3 is 0 Å². The molecule has 8 heteroatoms. The molecule has 1 atom stereocenters. The van der Waals surface area contributed by atoms with Crippen LogP contribution in [0.25, 0.3) is 0 Å². The minimum Gasteiger partial charge on any atom is -0.476 e. The number of nitrogens with one attached hydrogen (secondary N) is 1. The van der Waals surface area contributed by atoms with Gasteiger partial charge in [-0.2, -0.15) is 0 Å². The van der Waals surface area contributed by atoms with Crippen LogP contribution in [0.2, 0.25) is 5.02 Å². The van der Waals surface area contributed by atoms with E-state index in [1.165, 1.54) is 41.4 Å². The maximum Gasteiger partial charge on any atom is 0.264 e. The molecule has 1 amide bonds. The predicted molar refractivity (Wildman–Crippen MR) is 116 cm³/mol. The Kier molecular flexibility index (Phi) is 6.20. The highest BCUT2D eigenvalue weighted by Crippen LogP contribution is 2.37. The molecule has 0 saturated heterocycles. The van der Waals surface area contributed by atoms with Crippen LogP contribution in [0, 0.1) is 0 Å². The van der Waals surface area contributed by atoms with E-state index in [-0.39, 0.29) is 23.4 Å². The largest absolute Gasteiger partial charge is 0.476 e. The highest BCUT2D eigenvalue weighted by Gasteiger charge is 2.38. The van der Waals surface area contributed by atoms with E-state index in [1.807, 2.05) is 0 Å². The van der Waals surface area contributed by atoms with Crippen molar-refractivity contribution < 1.29 is 17.9 Å². The minimum atomic E-state index is -3.88. The third kappa shape index (κ3) is 4.42. The summed E-state index contributed by atoms with van der Waals surface area (Å²) in [5, 5.41) is 3.53. The molecule has 2 aromatic carbocycles. The van der Waals surface area contributed by atoms with Gasteiger partial charge in [-0.15, -0.1) is 0 Å². The summed E-state index contributed by atoms with van der Waals surface area (Å²) in [6.07, 6.45) is 5.54. The lowest BCUT2D eigenvalue weighted by atomic mass is 10.1. The fraction of sp³-hybridized carbons (Fsp3) is 0.409. The summed E-state index contributed by atoms with van der Waals surface area (Å²) in [4.78, 5) is 13.1. The van der Waals surface area contributed by atoms with Crippen LogP contribution in [0.1, 0.15) is 38.5 Å². The van der Waals surface area contributed by atoms with Crippen molar-refractivity contribution in [1.82, 2.24) is 5.32 Å². The van der Waals surface area contributed by atoms with E-state index in [0.717, 1.165) is 25.7 Å². The Labute approximate surface area is 182 Å². The Bertz CT molecular complexity index is 1000. The molecule has 4 rings (SSSR count). The number of carbonyl (C=O) groups excluding carboxylic acids is 1. The Morgan fingerprint density at radius 3 is 2.37 bits per heavy atom. The number of benzene rings is 2. The topological polar surface area (TPSA) is 75.7 Å². The van der Waals surface area contributed by atoms with E-state index >= 15 is 0 Å². The first kappa shape index (κ1) is 21.0. The van der Waals surface area contributed by atoms with Crippen LogP contribution in [0.4, 0.5) is 5.69 Å². The lowest BCUT2D eigenvalue weighted by Crippen LogP contribution is -2.52. The van der Waals surface area contributed by atoms with Gasteiger partial charge in [-0.05, 0) is 49.2 Å². The van der Waals surface area contributed by atoms with Crippen molar-refractivity contribution in [3.63, 3.8) is 0 Å². The van der Waals surface area contributed by atoms with Gasteiger partial charge in [0.05, 0.1) is 17.1 Å². The summed E-state index contributed by atoms with van der Waals surface area (Å²) in [6, 6.07) is 13.0. The number of ether oxygens (including phenoxy) is 1. The van der Waals surface area contributed by atoms with Crippen molar-refractivity contribution in [3.8, 4) is 5.75 Å². The quantitative estimate of drug-likeness (QED) is 0.713. The van der Waals surface area contributed by atoms with Crippen molar-refractivity contribution in [2.45, 2.75) is 55.6 Å². The number of para-hydroxylation sites is 2. The predicted octanol–water partition coefficient (Wildman–Crippen LogP) is 4.14. The summed E-state index contributed by atoms with van der Waals surface area (Å²) in [5.74, 6) is 0.106. The average Bonchev–Trinajstić information content (AvgIpc) is 3.02. The zero-order chi connectivity index (χ0) is 21.1. The SMILES string of the molecule is O=C(NC1CCCCCC1)[C@@H]1CN(S(=O)(=O)c2ccc(Cl)cc2)c2ccccc2O1. The van der Waals surface area contributed by atoms with Gasteiger partial charge in [0.1, 0.15) is 5.75 Å². The molecular formula is C22H25ClN2O4S. The van der Waals surface area contributed by atoms with E-state index in [2.05, 4.69) is 5.32 Å². The molecule has 160 valence electrons. The molecule has 6 nitrogen and oxygen atoms in total. The van der Waals surface area contributed by atoms with Gasteiger partial charge in [0.15, 0.2) is 6.10 Å². The standard InChI is InChI=1S/C22H25ClN2O4S/c23-16-11-13-18(14-12-16)30(27,28)25-15-21(29-20-10-6-5-9-19(20)25)22(26)24-17-7-3-1-2-4-8-17/h5-6,9-14,17,21H,1-4,7-8,15H2,(H,24,26)/t21-/m0/s1. The van der Waals surface area contributed by atoms with Crippen LogP contribution < -0.4 is 14.4 Å². The molecule has 0 radical (unpaired) electrons. The fourth-order valence-electron chi connectivity index (χ4n) is 4.02. The summed E-state index contributed by atoms with van der Waals surface area (Å²) < 4.78 is 33.9. The molecule has 0 spiro atoms. The van der Waals surface area contributed by atoms with Gasteiger partial charge < -0.3 is 10.1 Å². The second-order valence-corrected chi connectivity index (χ2v) is 10.1. The van der Waals surface area contributed by atoms with E-state index in [4.69, 9.17) is 16.3 Å². The van der Waals surface area contributed by atoms with Crippen molar-refractivity contribution in [1.29, 1.82) is 0 Å². The van der Waals surface area contributed by atoms with Crippen molar-refractivity contribution in [3.05, 3.63) is 53.6 Å². The highest BCUT2D eigenvalue weighted by atomic mass is 35.5. The Balaban J connectivity index is 1.60. The number of rotatable bonds is 4. The number of fused-ring (bicyclic) bond motifs is 1. The van der Waals surface area contributed by atoms with Crippen molar-refractivity contribution in [2.24, 2.45) is 0 Å². The monoisotopic (exact) mass is 448 g/mol. The fourth-order valence-corrected chi connectivity index (χ4v) is 5.62. The Morgan fingerprint density at radius 2 is 1.67 bits per heavy atom. The van der Waals surface area contributed by atoms with Gasteiger partial charge in [0.2, 0.25) is 0 Å². The lowest BCUT2D eigenvalue weighted by molar-refractivity contribution is -0.128. The van der Waals surface area contributed by atoms with Crippen LogP contribution >= 0.6 is 11.6 Å². The van der Waals surface area contributed by atoms with Gasteiger partial charge in [0.25, 0.3) is 15.9 Å². The Morgan fingerprint density at radius 1 is 1.00 bits per heavy atom. The van der Waals surface area contributed by atoms with Crippen LogP contribution in [0.5, 0.6) is 5.75 Å². The second-order valence-electron chi connectivity index (χ2n) is 7.76. The molecule has 1 saturated carbocycles. The molecule has 2 aromatic rings. The smallest absolute Gasteiger partial charge is 0.264 e. The Hall–Kier alpha value is -2.25. The number of hydrogen-bond acceptors (Lipinski definition) is 4. The maximum atomic E-state index is 13.4. The molecule has 1 fully saturated rings. The van der Waals surface area contributed by atoms with Crippen LogP contribution in [-0.4, -0.2) is 33.0 Å². The summed E-state index contributed by atoms with van der Waals surface area (Å²) >= 11 is 5.92. The zero-order valence-corrected chi connectivity index (χ0v) is 18.2. The molecule has 2 aliphatic rings. The van der Waals surface area contributed by atoms with E-state index < -0.39 is 16.1 Å². The number of nitrogens with zero attached hydrogens (tertiary/aromatic N) is 1. The maximum absolute atomic E-state index is 13.4. The molecule has 30 heavy (non-hydrogen) atoms. The molecule has 1 aliphatic heterocycles. The summed E-state index contributed by atoms with van der Waals surface area (Å²) in [5.41, 5.74) is 0.422. The summed E-state index contributed by atoms with van der Waals surface area (Å²) in [6.45, 7) is -0.0828. The molecule has 0 aromatic heterocycles. The van der Waals surface area contributed by atoms with Gasteiger partial charge in [-0.3, -0.25) is 9.10 Å². The molecule has 1 aliphatic carbocycles. The van der Waals surface area contributed by atoms with Crippen LogP contribution in [-0.2, 0) is 14.8 Å². The number of sulfonamides is 1. The number of carbonyl (C=O) groups is 1. The molecule has 0 bridgehead atoms. The first-order valence-corrected chi connectivity index (χ1v) is 12.1. The highest BCUT2D eigenvalue weighted by molar-refractivity contribution is 7.92. The summed E-state index contributed by atoms with van der Waals surface area (Å²) in [7, 11) is -3.88. The van der Waals surface area contributed by atoms with Crippen molar-refractivity contribution in [2.75, 3.05) is 10.8 Å². The third-order valence-corrected chi connectivity index (χ3v) is 7.68. The minimum absolute atomic E-state index is 0.0828. The number of hydrogen-bond donors (Lipinski definition) is 1. The molecule has 1 heterocycles. The normalized spacial score (nSPS) is 20.0. The lowest BCUT2D eigenvalue weighted by Gasteiger charge is -2.35. The second kappa shape index (κ2) is 8.86. The first-order valence-electron chi connectivity index (χ1n) is 10.3. The van der Waals surface area contributed by atoms with E-state index in [1.54, 1.807) is 24.3 Å². The number of anilines is 1. The van der Waals surface area contributed by atoms with Crippen LogP contribution in [0.15, 0.2) is 53.4 Å². The van der Waals surface area contributed by atoms with Gasteiger partial charge in [-0.25, -0.2) is 8.42 Å². The van der Waals surface area contributed by atoms with Gasteiger partial charge in [-0.1, -0.05) is 49.4 Å². The van der Waals surface area contributed by atoms with Crippen molar-refractivity contribution >= 4 is 33.2 Å². The van der Waals surface area contributed by atoms with E-state index in [9.17, 15) is 13.2 Å². The third-order valence-electron chi connectivity index (χ3n) is 5.63. The van der Waals surface area contributed by atoms with Crippen LogP contribution in [0.3, 0.4) is 0 Å². The average molecular weight is 449 g/mol. The van der Waals surface area contributed by atoms with Gasteiger partial charge in [0, 0.05) is 11.1 Å². The number of halogens is 1. The number of amides is 1. The molecular weight excluding hydrogens is 424 g/mol. The molecule has 0 unspecified atom stereocenters. The molecule has 1 N–H and O–H groups in total. The zero-order valence-electron chi connectivity index (χ0n) is 16.6. The first-order chi connectivity index (χ1) is 14.4.